The van der Waals surface area contributed by atoms with Gasteiger partial charge in [0.15, 0.2) is 28.8 Å². The second-order valence-electron chi connectivity index (χ2n) is 9.00. The molecule has 4 rings (SSSR count). The van der Waals surface area contributed by atoms with Crippen LogP contribution in [0.3, 0.4) is 0 Å². The van der Waals surface area contributed by atoms with E-state index in [9.17, 15) is 23.4 Å². The summed E-state index contributed by atoms with van der Waals surface area (Å²) in [6.07, 6.45) is 9.19. The van der Waals surface area contributed by atoms with E-state index in [0.29, 0.717) is 28.3 Å². The molecule has 0 aliphatic heterocycles. The van der Waals surface area contributed by atoms with Gasteiger partial charge in [0.1, 0.15) is 5.82 Å². The lowest BCUT2D eigenvalue weighted by molar-refractivity contribution is -0.110. The summed E-state index contributed by atoms with van der Waals surface area (Å²) in [6, 6.07) is 20.4. The van der Waals surface area contributed by atoms with Crippen LogP contribution in [-0.2, 0) is 14.8 Å². The molecular weight excluding hydrogens is 570 g/mol. The second kappa shape index (κ2) is 13.9. The van der Waals surface area contributed by atoms with E-state index in [1.54, 1.807) is 72.8 Å². The first kappa shape index (κ1) is 30.4. The Balaban J connectivity index is 1.58. The van der Waals surface area contributed by atoms with Gasteiger partial charge in [-0.2, -0.15) is 0 Å². The van der Waals surface area contributed by atoms with Gasteiger partial charge >= 0.3 is 0 Å². The van der Waals surface area contributed by atoms with E-state index in [-0.39, 0.29) is 33.7 Å². The van der Waals surface area contributed by atoms with Gasteiger partial charge in [-0.25, -0.2) is 13.4 Å². The standard InChI is InChI=1S/C32H29N3O7S/c1-41-30-19-22(8-16-28(30)37)6-10-25(21-26(36)13-7-23-9-17-29(38)31(20-23)42-2)34-24-11-14-27(15-12-24)43(39,40)35-32-5-3-4-18-33-32/h3-21,34,37-38H,1-2H3,(H,33,35)/b10-6+,13-7+,25-21?. The minimum atomic E-state index is -3.86. The van der Waals surface area contributed by atoms with Crippen LogP contribution in [0.2, 0.25) is 0 Å². The fourth-order valence-electron chi connectivity index (χ4n) is 3.79. The number of allylic oxidation sites excluding steroid dienone is 3. The van der Waals surface area contributed by atoms with Gasteiger partial charge in [-0.05, 0) is 83.9 Å². The Morgan fingerprint density at radius 3 is 1.98 bits per heavy atom. The van der Waals surface area contributed by atoms with Gasteiger partial charge in [-0.3, -0.25) is 9.52 Å². The highest BCUT2D eigenvalue weighted by atomic mass is 32.2. The number of phenolic OH excluding ortho intramolecular Hbond substituents is 2. The fourth-order valence-corrected chi connectivity index (χ4v) is 4.80. The zero-order chi connectivity index (χ0) is 30.8. The third kappa shape index (κ3) is 8.47. The monoisotopic (exact) mass is 599 g/mol. The molecule has 0 saturated heterocycles. The van der Waals surface area contributed by atoms with E-state index in [2.05, 4.69) is 15.0 Å². The first-order chi connectivity index (χ1) is 20.7. The zero-order valence-corrected chi connectivity index (χ0v) is 24.1. The maximum absolute atomic E-state index is 12.9. The number of hydrogen-bond acceptors (Lipinski definition) is 9. The molecule has 4 aromatic rings. The van der Waals surface area contributed by atoms with Gasteiger partial charge in [-0.1, -0.05) is 30.4 Å². The molecule has 10 nitrogen and oxygen atoms in total. The Bertz CT molecular complexity index is 1780. The number of nitrogens with zero attached hydrogens (tertiary/aromatic N) is 1. The van der Waals surface area contributed by atoms with Gasteiger partial charge in [0.2, 0.25) is 0 Å². The van der Waals surface area contributed by atoms with Gasteiger partial charge in [0, 0.05) is 23.7 Å². The predicted molar refractivity (Wildman–Crippen MR) is 166 cm³/mol. The highest BCUT2D eigenvalue weighted by molar-refractivity contribution is 7.92. The molecule has 0 atom stereocenters. The van der Waals surface area contributed by atoms with Crippen molar-refractivity contribution < 1.29 is 32.9 Å². The summed E-state index contributed by atoms with van der Waals surface area (Å²) in [5, 5.41) is 22.8. The van der Waals surface area contributed by atoms with Gasteiger partial charge in [0.25, 0.3) is 10.0 Å². The molecule has 0 aliphatic carbocycles. The number of anilines is 2. The number of aromatic hydroxyl groups is 2. The molecule has 0 aliphatic rings. The van der Waals surface area contributed by atoms with E-state index < -0.39 is 10.0 Å². The summed E-state index contributed by atoms with van der Waals surface area (Å²) in [7, 11) is -0.986. The number of methoxy groups -OCH3 is 2. The molecule has 43 heavy (non-hydrogen) atoms. The number of phenols is 2. The first-order valence-corrected chi connectivity index (χ1v) is 14.3. The van der Waals surface area contributed by atoms with Crippen molar-refractivity contribution in [2.45, 2.75) is 4.90 Å². The Labute approximate surface area is 249 Å². The summed E-state index contributed by atoms with van der Waals surface area (Å²) in [6.45, 7) is 0. The lowest BCUT2D eigenvalue weighted by Gasteiger charge is -2.10. The summed E-state index contributed by atoms with van der Waals surface area (Å²) in [4.78, 5) is 16.9. The molecule has 0 bridgehead atoms. The molecule has 11 heteroatoms. The third-order valence-electron chi connectivity index (χ3n) is 5.96. The number of ether oxygens (including phenoxy) is 2. The van der Waals surface area contributed by atoms with Crippen LogP contribution in [0.1, 0.15) is 11.1 Å². The number of pyridine rings is 1. The first-order valence-electron chi connectivity index (χ1n) is 12.8. The van der Waals surface area contributed by atoms with E-state index >= 15 is 0 Å². The van der Waals surface area contributed by atoms with Crippen molar-refractivity contribution in [3.8, 4) is 23.0 Å². The van der Waals surface area contributed by atoms with E-state index in [0.717, 1.165) is 0 Å². The summed E-state index contributed by atoms with van der Waals surface area (Å²) in [5.74, 6) is 0.400. The van der Waals surface area contributed by atoms with Crippen molar-refractivity contribution in [1.82, 2.24) is 4.98 Å². The smallest absolute Gasteiger partial charge is 0.263 e. The van der Waals surface area contributed by atoms with Crippen molar-refractivity contribution in [3.63, 3.8) is 0 Å². The maximum atomic E-state index is 12.9. The Hall–Kier alpha value is -5.55. The van der Waals surface area contributed by atoms with Crippen LogP contribution in [0.25, 0.3) is 12.2 Å². The quantitative estimate of drug-likeness (QED) is 0.121. The molecule has 4 N–H and O–H groups in total. The Kier molecular flexibility index (Phi) is 9.82. The highest BCUT2D eigenvalue weighted by Crippen LogP contribution is 2.28. The van der Waals surface area contributed by atoms with Crippen molar-refractivity contribution in [2.24, 2.45) is 0 Å². The minimum Gasteiger partial charge on any atom is -0.504 e. The summed E-state index contributed by atoms with van der Waals surface area (Å²) >= 11 is 0. The number of carbonyl (C=O) groups is 1. The topological polar surface area (TPSA) is 147 Å². The normalized spacial score (nSPS) is 11.9. The lowest BCUT2D eigenvalue weighted by atomic mass is 10.1. The lowest BCUT2D eigenvalue weighted by Crippen LogP contribution is -2.13. The van der Waals surface area contributed by atoms with Crippen LogP contribution >= 0.6 is 0 Å². The van der Waals surface area contributed by atoms with Crippen molar-refractivity contribution >= 4 is 39.5 Å². The second-order valence-corrected chi connectivity index (χ2v) is 10.7. The van der Waals surface area contributed by atoms with E-state index in [1.165, 1.54) is 56.8 Å². The number of nitrogens with one attached hydrogen (secondary N) is 2. The highest BCUT2D eigenvalue weighted by Gasteiger charge is 2.14. The Morgan fingerprint density at radius 1 is 0.814 bits per heavy atom. The molecule has 1 heterocycles. The fraction of sp³-hybridized carbons (Fsp3) is 0.0625. The molecule has 0 amide bonds. The van der Waals surface area contributed by atoms with Crippen LogP contribution in [0.15, 0.2) is 114 Å². The van der Waals surface area contributed by atoms with Gasteiger partial charge in [-0.15, -0.1) is 0 Å². The number of ketones is 1. The molecule has 0 radical (unpaired) electrons. The number of rotatable bonds is 12. The van der Waals surface area contributed by atoms with Crippen molar-refractivity contribution in [3.05, 3.63) is 120 Å². The molecular formula is C32H29N3O7S. The molecule has 0 spiro atoms. The third-order valence-corrected chi connectivity index (χ3v) is 7.33. The molecule has 0 fully saturated rings. The number of sulfonamides is 1. The van der Waals surface area contributed by atoms with Crippen LogP contribution in [0.4, 0.5) is 11.5 Å². The summed E-state index contributed by atoms with van der Waals surface area (Å²) < 4.78 is 38.2. The molecule has 220 valence electrons. The number of carbonyl (C=O) groups excluding carboxylic acids is 1. The van der Waals surface area contributed by atoms with Crippen molar-refractivity contribution in [2.75, 3.05) is 24.3 Å². The molecule has 0 unspecified atom stereocenters. The molecule has 1 aromatic heterocycles. The van der Waals surface area contributed by atoms with E-state index in [4.69, 9.17) is 9.47 Å². The van der Waals surface area contributed by atoms with E-state index in [1.807, 2.05) is 0 Å². The number of benzene rings is 3. The van der Waals surface area contributed by atoms with Crippen LogP contribution in [0.5, 0.6) is 23.0 Å². The Morgan fingerprint density at radius 2 is 1.42 bits per heavy atom. The maximum Gasteiger partial charge on any atom is 0.263 e. The van der Waals surface area contributed by atoms with Gasteiger partial charge < -0.3 is 25.0 Å². The minimum absolute atomic E-state index is 0.00714. The SMILES string of the molecule is COc1cc(/C=C/C(=O)C=C(/C=C/c2ccc(O)c(OC)c2)Nc2ccc(S(=O)(=O)Nc3ccccn3)cc2)ccc1O. The van der Waals surface area contributed by atoms with Gasteiger partial charge in [0.05, 0.1) is 19.1 Å². The number of hydrogen-bond donors (Lipinski definition) is 4. The van der Waals surface area contributed by atoms with Crippen molar-refractivity contribution in [1.29, 1.82) is 0 Å². The number of aromatic nitrogens is 1. The van der Waals surface area contributed by atoms with Crippen LogP contribution < -0.4 is 19.5 Å². The molecule has 0 saturated carbocycles. The zero-order valence-electron chi connectivity index (χ0n) is 23.3. The average molecular weight is 600 g/mol. The van der Waals surface area contributed by atoms with Crippen LogP contribution in [-0.4, -0.2) is 43.6 Å². The largest absolute Gasteiger partial charge is 0.504 e. The predicted octanol–water partition coefficient (Wildman–Crippen LogP) is 5.60. The molecule has 3 aromatic carbocycles. The summed E-state index contributed by atoms with van der Waals surface area (Å²) in [5.41, 5.74) is 2.26. The average Bonchev–Trinajstić information content (AvgIpc) is 3.00. The van der Waals surface area contributed by atoms with Crippen LogP contribution in [0, 0.1) is 0 Å².